The number of benzene rings is 2. The molecule has 0 fully saturated rings. The van der Waals surface area contributed by atoms with Gasteiger partial charge in [0.25, 0.3) is 0 Å². The van der Waals surface area contributed by atoms with Crippen molar-refractivity contribution in [3.05, 3.63) is 71.8 Å². The van der Waals surface area contributed by atoms with Gasteiger partial charge in [0.05, 0.1) is 12.6 Å². The number of aromatic nitrogens is 1. The van der Waals surface area contributed by atoms with Crippen LogP contribution >= 0.6 is 0 Å². The zero-order valence-corrected chi connectivity index (χ0v) is 15.7. The van der Waals surface area contributed by atoms with Crippen LogP contribution in [0.2, 0.25) is 0 Å². The van der Waals surface area contributed by atoms with Gasteiger partial charge in [0.2, 0.25) is 5.88 Å². The molecule has 0 saturated carbocycles. The molecule has 0 amide bonds. The van der Waals surface area contributed by atoms with Crippen LogP contribution in [0.1, 0.15) is 29.5 Å². The summed E-state index contributed by atoms with van der Waals surface area (Å²) in [7, 11) is 1.66. The maximum Gasteiger partial charge on any atom is 0.216 e. The maximum absolute atomic E-state index is 5.74. The quantitative estimate of drug-likeness (QED) is 0.607. The molecule has 0 saturated heterocycles. The molecule has 0 bridgehead atoms. The summed E-state index contributed by atoms with van der Waals surface area (Å²) in [6.45, 7) is 7.34. The van der Waals surface area contributed by atoms with Crippen molar-refractivity contribution < 1.29 is 14.2 Å². The summed E-state index contributed by atoms with van der Waals surface area (Å²) in [5.41, 5.74) is 4.34. The minimum absolute atomic E-state index is 0.0670. The van der Waals surface area contributed by atoms with Crippen LogP contribution in [0.4, 0.5) is 0 Å². The van der Waals surface area contributed by atoms with Gasteiger partial charge in [0.1, 0.15) is 13.2 Å². The second-order valence-corrected chi connectivity index (χ2v) is 6.58. The zero-order chi connectivity index (χ0) is 18.8. The molecule has 2 aromatic carbocycles. The summed E-state index contributed by atoms with van der Waals surface area (Å²) >= 11 is 0. The normalized spacial score (nSPS) is 14.0. The van der Waals surface area contributed by atoms with Gasteiger partial charge in [-0.15, -0.1) is 6.58 Å². The molecule has 27 heavy (non-hydrogen) atoms. The van der Waals surface area contributed by atoms with E-state index in [2.05, 4.69) is 48.8 Å². The van der Waals surface area contributed by atoms with Crippen molar-refractivity contribution in [2.75, 3.05) is 20.3 Å². The van der Waals surface area contributed by atoms with Crippen LogP contribution in [0.15, 0.2) is 55.1 Å². The Kier molecular flexibility index (Phi) is 4.71. The Bertz CT molecular complexity index is 996. The Hall–Kier alpha value is -3.01. The van der Waals surface area contributed by atoms with Crippen molar-refractivity contribution in [3.63, 3.8) is 0 Å². The van der Waals surface area contributed by atoms with Crippen molar-refractivity contribution in [2.45, 2.75) is 19.3 Å². The van der Waals surface area contributed by atoms with E-state index in [0.29, 0.717) is 19.1 Å². The number of ether oxygens (including phenoxy) is 3. The van der Waals surface area contributed by atoms with Gasteiger partial charge >= 0.3 is 0 Å². The van der Waals surface area contributed by atoms with Crippen LogP contribution in [-0.4, -0.2) is 25.3 Å². The highest BCUT2D eigenvalue weighted by Crippen LogP contribution is 2.36. The molecule has 4 rings (SSSR count). The zero-order valence-electron chi connectivity index (χ0n) is 15.7. The van der Waals surface area contributed by atoms with Gasteiger partial charge in [-0.05, 0) is 47.9 Å². The number of hydrogen-bond acceptors (Lipinski definition) is 4. The highest BCUT2D eigenvalue weighted by atomic mass is 16.6. The summed E-state index contributed by atoms with van der Waals surface area (Å²) in [4.78, 5) is 4.64. The fourth-order valence-electron chi connectivity index (χ4n) is 3.56. The summed E-state index contributed by atoms with van der Waals surface area (Å²) in [5.74, 6) is 2.36. The Morgan fingerprint density at radius 1 is 1.07 bits per heavy atom. The number of methoxy groups -OCH3 is 1. The molecule has 0 spiro atoms. The van der Waals surface area contributed by atoms with E-state index in [9.17, 15) is 0 Å². The average Bonchev–Trinajstić information content (AvgIpc) is 2.73. The minimum atomic E-state index is 0.0670. The standard InChI is InChI=1S/C23H23NO3/c1-4-15-12-18-13-16(6-8-20(18)24-23(15)25-3)19(5-2)17-7-9-21-22(14-17)27-11-10-26-21/h5-9,12-14,19H,2,4,10-11H2,1,3H3. The van der Waals surface area contributed by atoms with Crippen molar-refractivity contribution in [1.29, 1.82) is 0 Å². The van der Waals surface area contributed by atoms with Gasteiger partial charge in [0, 0.05) is 16.9 Å². The fraction of sp³-hybridized carbons (Fsp3) is 0.261. The molecule has 0 N–H and O–H groups in total. The molecule has 4 heteroatoms. The van der Waals surface area contributed by atoms with Gasteiger partial charge in [-0.3, -0.25) is 0 Å². The molecule has 138 valence electrons. The first-order valence-corrected chi connectivity index (χ1v) is 9.23. The van der Waals surface area contributed by atoms with Crippen LogP contribution in [0.5, 0.6) is 17.4 Å². The molecule has 1 aromatic heterocycles. The Morgan fingerprint density at radius 2 is 1.81 bits per heavy atom. The Labute approximate surface area is 159 Å². The topological polar surface area (TPSA) is 40.6 Å². The SMILES string of the molecule is C=CC(c1ccc2c(c1)OCCO2)c1ccc2nc(OC)c(CC)cc2c1. The van der Waals surface area contributed by atoms with Crippen LogP contribution in [0, 0.1) is 0 Å². The first-order chi connectivity index (χ1) is 13.2. The smallest absolute Gasteiger partial charge is 0.216 e. The van der Waals surface area contributed by atoms with Gasteiger partial charge in [-0.1, -0.05) is 25.1 Å². The lowest BCUT2D eigenvalue weighted by molar-refractivity contribution is 0.171. The monoisotopic (exact) mass is 361 g/mol. The van der Waals surface area contributed by atoms with E-state index in [1.807, 2.05) is 18.2 Å². The number of nitrogens with zero attached hydrogens (tertiary/aromatic N) is 1. The first-order valence-electron chi connectivity index (χ1n) is 9.23. The summed E-state index contributed by atoms with van der Waals surface area (Å²) in [6, 6.07) is 14.6. The number of hydrogen-bond donors (Lipinski definition) is 0. The third-order valence-corrected chi connectivity index (χ3v) is 4.97. The predicted octanol–water partition coefficient (Wildman–Crippen LogP) is 4.89. The van der Waals surface area contributed by atoms with Gasteiger partial charge in [-0.2, -0.15) is 0 Å². The summed E-state index contributed by atoms with van der Waals surface area (Å²) in [5, 5.41) is 1.11. The lowest BCUT2D eigenvalue weighted by atomic mass is 9.90. The van der Waals surface area contributed by atoms with Crippen LogP contribution in [-0.2, 0) is 6.42 Å². The Morgan fingerprint density at radius 3 is 2.56 bits per heavy atom. The van der Waals surface area contributed by atoms with Crippen LogP contribution < -0.4 is 14.2 Å². The molecule has 4 nitrogen and oxygen atoms in total. The van der Waals surface area contributed by atoms with E-state index in [-0.39, 0.29) is 5.92 Å². The van der Waals surface area contributed by atoms with E-state index < -0.39 is 0 Å². The highest BCUT2D eigenvalue weighted by molar-refractivity contribution is 5.81. The van der Waals surface area contributed by atoms with Gasteiger partial charge in [0.15, 0.2) is 11.5 Å². The molecule has 0 aliphatic carbocycles. The second-order valence-electron chi connectivity index (χ2n) is 6.58. The largest absolute Gasteiger partial charge is 0.486 e. The van der Waals surface area contributed by atoms with Crippen LogP contribution in [0.3, 0.4) is 0 Å². The van der Waals surface area contributed by atoms with E-state index >= 15 is 0 Å². The highest BCUT2D eigenvalue weighted by Gasteiger charge is 2.17. The van der Waals surface area contributed by atoms with Gasteiger partial charge < -0.3 is 14.2 Å². The number of fused-ring (bicyclic) bond motifs is 2. The maximum atomic E-state index is 5.74. The molecule has 1 atom stereocenters. The van der Waals surface area contributed by atoms with Crippen molar-refractivity contribution >= 4 is 10.9 Å². The predicted molar refractivity (Wildman–Crippen MR) is 107 cm³/mol. The minimum Gasteiger partial charge on any atom is -0.486 e. The molecule has 1 aliphatic heterocycles. The lowest BCUT2D eigenvalue weighted by Crippen LogP contribution is -2.15. The van der Waals surface area contributed by atoms with E-state index in [4.69, 9.17) is 14.2 Å². The fourth-order valence-corrected chi connectivity index (χ4v) is 3.56. The first kappa shape index (κ1) is 17.4. The van der Waals surface area contributed by atoms with Crippen molar-refractivity contribution in [2.24, 2.45) is 0 Å². The van der Waals surface area contributed by atoms with Crippen molar-refractivity contribution in [1.82, 2.24) is 4.98 Å². The number of allylic oxidation sites excluding steroid dienone is 1. The van der Waals surface area contributed by atoms with E-state index in [0.717, 1.165) is 39.9 Å². The average molecular weight is 361 g/mol. The molecule has 0 radical (unpaired) electrons. The second kappa shape index (κ2) is 7.31. The molecule has 1 unspecified atom stereocenters. The molecular weight excluding hydrogens is 338 g/mol. The summed E-state index contributed by atoms with van der Waals surface area (Å²) < 4.78 is 16.8. The molecule has 2 heterocycles. The third-order valence-electron chi connectivity index (χ3n) is 4.97. The molecule has 3 aromatic rings. The number of rotatable bonds is 5. The number of aryl methyl sites for hydroxylation is 1. The van der Waals surface area contributed by atoms with Gasteiger partial charge in [-0.25, -0.2) is 4.98 Å². The van der Waals surface area contributed by atoms with Crippen LogP contribution in [0.25, 0.3) is 10.9 Å². The molecular formula is C23H23NO3. The lowest BCUT2D eigenvalue weighted by Gasteiger charge is -2.21. The van der Waals surface area contributed by atoms with E-state index in [1.54, 1.807) is 7.11 Å². The molecule has 1 aliphatic rings. The summed E-state index contributed by atoms with van der Waals surface area (Å²) in [6.07, 6.45) is 2.84. The van der Waals surface area contributed by atoms with E-state index in [1.165, 1.54) is 5.56 Å². The Balaban J connectivity index is 1.76. The third kappa shape index (κ3) is 3.23. The van der Waals surface area contributed by atoms with Crippen molar-refractivity contribution in [3.8, 4) is 17.4 Å². The number of pyridine rings is 1.